The maximum absolute atomic E-state index is 16.8. The standard InChI is InChI=1S/C35H41BF2N12O11P2S/c36-62(51)56-14-23-30(26(38)35(58-23)49-18-45-27-22(39)5-6-42-32(27)49)61-63(52,64-16-21-3-1-20(2-4-21)13-55-12-11-54-10-9-53-8-7-47-48-41)57-15-24-29(60-62)25(37)34(59-24)50-19-46-28-31(40)43-17-44-33(28)50/h1-6,17-19,23-26,29-30,34-35H,7-16H2,(H2,39,42)(H2,40,43,44)/t23-,24-,25-,26-,29-,30-,34-,35-,62+,63-/m1/s1. The van der Waals surface area contributed by atoms with Crippen molar-refractivity contribution >= 4 is 67.1 Å². The van der Waals surface area contributed by atoms with Crippen LogP contribution in [0.4, 0.5) is 20.3 Å². The number of aromatic nitrogens is 7. The normalized spacial score (nSPS) is 29.8. The highest BCUT2D eigenvalue weighted by molar-refractivity contribution is 8.54. The first-order chi connectivity index (χ1) is 30.9. The molecule has 10 atom stereocenters. The van der Waals surface area contributed by atoms with Crippen molar-refractivity contribution < 1.29 is 59.7 Å². The number of benzene rings is 1. The Balaban J connectivity index is 0.984. The Bertz CT molecular complexity index is 2550. The van der Waals surface area contributed by atoms with Crippen LogP contribution in [0.3, 0.4) is 0 Å². The molecule has 0 unspecified atom stereocenters. The smallest absolute Gasteiger partial charge is 0.389 e. The fourth-order valence-corrected chi connectivity index (χ4v) is 11.4. The third kappa shape index (κ3) is 10.5. The van der Waals surface area contributed by atoms with Crippen molar-refractivity contribution in [3.05, 3.63) is 77.1 Å². The second-order valence-electron chi connectivity index (χ2n) is 14.4. The molecule has 0 bridgehead atoms. The predicted molar refractivity (Wildman–Crippen MR) is 225 cm³/mol. The maximum Gasteiger partial charge on any atom is 0.389 e. The van der Waals surface area contributed by atoms with Crippen molar-refractivity contribution in [1.29, 1.82) is 0 Å². The molecular formula is C35H41BF2N12O11P2S. The van der Waals surface area contributed by atoms with Crippen LogP contribution in [0.2, 0.25) is 0 Å². The summed E-state index contributed by atoms with van der Waals surface area (Å²) >= 11 is 0.742. The summed E-state index contributed by atoms with van der Waals surface area (Å²) < 4.78 is 116. The average molecular weight is 949 g/mol. The number of hydrogen-bond donors (Lipinski definition) is 2. The van der Waals surface area contributed by atoms with Gasteiger partial charge in [-0.25, -0.2) is 38.3 Å². The summed E-state index contributed by atoms with van der Waals surface area (Å²) in [5.41, 5.74) is 22.9. The molecule has 29 heteroatoms. The summed E-state index contributed by atoms with van der Waals surface area (Å²) in [6.07, 6.45) is -8.30. The van der Waals surface area contributed by atoms with E-state index in [1.807, 2.05) is 12.1 Å². The van der Waals surface area contributed by atoms with Gasteiger partial charge in [0.2, 0.25) is 7.57 Å². The van der Waals surface area contributed by atoms with E-state index in [4.69, 9.17) is 66.3 Å². The topological polar surface area (TPSA) is 292 Å². The van der Waals surface area contributed by atoms with Gasteiger partial charge >= 0.3 is 6.80 Å². The monoisotopic (exact) mass is 948 g/mol. The molecular weight excluding hydrogens is 907 g/mol. The molecule has 8 rings (SSSR count). The van der Waals surface area contributed by atoms with Crippen LogP contribution in [0.15, 0.2) is 60.6 Å². The first-order valence-electron chi connectivity index (χ1n) is 19.6. The quantitative estimate of drug-likeness (QED) is 0.0332. The van der Waals surface area contributed by atoms with Gasteiger partial charge in [0.15, 0.2) is 41.9 Å². The highest BCUT2D eigenvalue weighted by Crippen LogP contribution is 2.65. The number of nitrogens with zero attached hydrogens (tertiary/aromatic N) is 10. The number of rotatable bonds is 16. The molecule has 0 aliphatic carbocycles. The Hall–Kier alpha value is -4.33. The zero-order valence-corrected chi connectivity index (χ0v) is 36.2. The first-order valence-corrected chi connectivity index (χ1v) is 24.4. The Kier molecular flexibility index (Phi) is 14.8. The summed E-state index contributed by atoms with van der Waals surface area (Å²) in [6.45, 7) is -3.63. The summed E-state index contributed by atoms with van der Waals surface area (Å²) in [5, 5.41) is 3.39. The van der Waals surface area contributed by atoms with Gasteiger partial charge < -0.3 is 44.2 Å². The highest BCUT2D eigenvalue weighted by Gasteiger charge is 2.54. The molecule has 3 aliphatic rings. The van der Waals surface area contributed by atoms with Crippen LogP contribution in [0.1, 0.15) is 23.6 Å². The molecule has 1 aromatic carbocycles. The summed E-state index contributed by atoms with van der Waals surface area (Å²) in [5.74, 6) is 0.0759. The number of pyridine rings is 1. The third-order valence-corrected chi connectivity index (χ3v) is 14.8. The minimum atomic E-state index is -4.67. The molecule has 4 N–H and O–H groups in total. The van der Waals surface area contributed by atoms with E-state index in [1.165, 1.54) is 34.1 Å². The molecule has 3 aliphatic heterocycles. The largest absolute Gasteiger partial charge is 0.397 e. The van der Waals surface area contributed by atoms with Crippen LogP contribution in [0.25, 0.3) is 32.8 Å². The van der Waals surface area contributed by atoms with Crippen molar-refractivity contribution in [2.45, 2.75) is 61.6 Å². The second-order valence-corrected chi connectivity index (χ2v) is 19.9. The Morgan fingerprint density at radius 3 is 2.12 bits per heavy atom. The molecule has 2 radical (unpaired) electrons. The number of halogens is 2. The van der Waals surface area contributed by atoms with E-state index in [-0.39, 0.29) is 52.7 Å². The number of anilines is 2. The van der Waals surface area contributed by atoms with Gasteiger partial charge in [-0.2, -0.15) is 0 Å². The molecule has 3 saturated heterocycles. The van der Waals surface area contributed by atoms with Gasteiger partial charge in [-0.05, 0) is 34.1 Å². The van der Waals surface area contributed by atoms with Crippen molar-refractivity contribution in [1.82, 2.24) is 34.1 Å². The van der Waals surface area contributed by atoms with Crippen molar-refractivity contribution in [3.8, 4) is 0 Å². The summed E-state index contributed by atoms with van der Waals surface area (Å²) in [7, 11) is 1.35. The minimum absolute atomic E-state index is 0.0326. The minimum Gasteiger partial charge on any atom is -0.397 e. The lowest BCUT2D eigenvalue weighted by Gasteiger charge is -2.30. The van der Waals surface area contributed by atoms with E-state index in [1.54, 1.807) is 12.1 Å². The number of imidazole rings is 2. The SMILES string of the molecule is [B][P@]1(=O)OC[C@H]2O[C@@H](n3cnc4c(N)ccnc43)[C@H](F)[C@@H]2O[P@](=O)(SCc2ccc(COCCOCCOCCN=[N+]=[N-])cc2)OC[C@H]2O[C@@H](n3cnc4c(N)ncnc43)[C@H](F)[C@@H]2O1. The lowest BCUT2D eigenvalue weighted by atomic mass is 10.1. The molecule has 340 valence electrons. The van der Waals surface area contributed by atoms with Gasteiger partial charge in [-0.1, -0.05) is 29.4 Å². The number of alkyl halides is 2. The lowest BCUT2D eigenvalue weighted by Crippen LogP contribution is -2.37. The number of hydrogen-bond acceptors (Lipinski definition) is 20. The molecule has 0 amide bonds. The summed E-state index contributed by atoms with van der Waals surface area (Å²) in [6, 6.07) is 8.75. The van der Waals surface area contributed by atoms with Gasteiger partial charge in [0, 0.05) is 23.4 Å². The van der Waals surface area contributed by atoms with E-state index < -0.39 is 76.7 Å². The van der Waals surface area contributed by atoms with Gasteiger partial charge in [0.25, 0.3) is 7.47 Å². The molecule has 4 aromatic heterocycles. The zero-order valence-electron chi connectivity index (χ0n) is 33.6. The third-order valence-electron chi connectivity index (χ3n) is 10.1. The fraction of sp³-hybridized carbons (Fsp3) is 0.514. The van der Waals surface area contributed by atoms with Crippen LogP contribution in [-0.4, -0.2) is 131 Å². The van der Waals surface area contributed by atoms with Crippen LogP contribution >= 0.6 is 25.7 Å². The average Bonchev–Trinajstić information content (AvgIpc) is 4.05. The van der Waals surface area contributed by atoms with E-state index in [9.17, 15) is 9.13 Å². The number of nitrogens with two attached hydrogens (primary N) is 2. The molecule has 7 heterocycles. The Morgan fingerprint density at radius 1 is 0.812 bits per heavy atom. The van der Waals surface area contributed by atoms with Crippen molar-refractivity contribution in [2.24, 2.45) is 5.11 Å². The van der Waals surface area contributed by atoms with Crippen LogP contribution in [0, 0.1) is 0 Å². The van der Waals surface area contributed by atoms with Crippen molar-refractivity contribution in [2.75, 3.05) is 64.3 Å². The fourth-order valence-electron chi connectivity index (χ4n) is 7.01. The number of azide groups is 1. The predicted octanol–water partition coefficient (Wildman–Crippen LogP) is 4.90. The van der Waals surface area contributed by atoms with E-state index >= 15 is 8.78 Å². The molecule has 5 aromatic rings. The number of nitrogen functional groups attached to an aromatic ring is 2. The lowest BCUT2D eigenvalue weighted by molar-refractivity contribution is -0.0546. The van der Waals surface area contributed by atoms with Crippen molar-refractivity contribution in [3.63, 3.8) is 0 Å². The number of fused-ring (bicyclic) bond motifs is 4. The zero-order chi connectivity index (χ0) is 44.8. The Labute approximate surface area is 367 Å². The van der Waals surface area contributed by atoms with Crippen LogP contribution in [-0.2, 0) is 63.3 Å². The van der Waals surface area contributed by atoms with Crippen LogP contribution < -0.4 is 11.5 Å². The van der Waals surface area contributed by atoms with E-state index in [0.717, 1.165) is 23.3 Å². The maximum atomic E-state index is 16.8. The highest BCUT2D eigenvalue weighted by atomic mass is 32.7. The van der Waals surface area contributed by atoms with Gasteiger partial charge in [0.05, 0.1) is 71.2 Å². The molecule has 64 heavy (non-hydrogen) atoms. The molecule has 3 fully saturated rings. The van der Waals surface area contributed by atoms with Gasteiger partial charge in [-0.15, -0.1) is 0 Å². The van der Waals surface area contributed by atoms with E-state index in [0.29, 0.717) is 38.6 Å². The second kappa shape index (κ2) is 20.5. The Morgan fingerprint density at radius 2 is 1.42 bits per heavy atom. The van der Waals surface area contributed by atoms with Crippen LogP contribution in [0.5, 0.6) is 0 Å². The first kappa shape index (κ1) is 46.2. The molecule has 0 saturated carbocycles. The summed E-state index contributed by atoms with van der Waals surface area (Å²) in [4.78, 5) is 23.4. The van der Waals surface area contributed by atoms with E-state index in [2.05, 4.69) is 34.9 Å². The van der Waals surface area contributed by atoms with Gasteiger partial charge in [0.1, 0.15) is 41.8 Å². The molecule has 23 nitrogen and oxygen atoms in total. The van der Waals surface area contributed by atoms with Gasteiger partial charge in [-0.3, -0.25) is 22.7 Å². The molecule has 0 spiro atoms. The number of ether oxygens (including phenoxy) is 5.